The van der Waals surface area contributed by atoms with Crippen molar-refractivity contribution in [1.29, 1.82) is 0 Å². The first-order valence-corrected chi connectivity index (χ1v) is 8.20. The van der Waals surface area contributed by atoms with E-state index >= 15 is 0 Å². The Balaban J connectivity index is 0.00000208. The standard InChI is InChI=1S/C17H18BrN5.ClH/c1-10-6-7-21-14-8-11(12-4-2-3-5-13(12)18)9-15(16(10)14)22-23-17(19)20;/h2-7,11H,8-9H2,1H3,(H4,19,20,23);1H/b22-15-;. The third-order valence-electron chi connectivity index (χ3n) is 4.04. The lowest BCUT2D eigenvalue weighted by atomic mass is 9.80. The number of pyridine rings is 1. The number of benzene rings is 1. The summed E-state index contributed by atoms with van der Waals surface area (Å²) in [4.78, 5) is 4.56. The molecule has 0 bridgehead atoms. The molecule has 24 heavy (non-hydrogen) atoms. The largest absolute Gasteiger partial charge is 0.369 e. The van der Waals surface area contributed by atoms with E-state index in [1.807, 2.05) is 24.4 Å². The maximum absolute atomic E-state index is 5.44. The molecule has 4 N–H and O–H groups in total. The highest BCUT2D eigenvalue weighted by molar-refractivity contribution is 9.10. The molecule has 1 aromatic heterocycles. The van der Waals surface area contributed by atoms with E-state index in [-0.39, 0.29) is 18.4 Å². The third kappa shape index (κ3) is 3.76. The summed E-state index contributed by atoms with van der Waals surface area (Å²) in [5.74, 6) is 0.254. The molecule has 0 saturated heterocycles. The summed E-state index contributed by atoms with van der Waals surface area (Å²) in [7, 11) is 0. The predicted octanol–water partition coefficient (Wildman–Crippen LogP) is 3.28. The number of aryl methyl sites for hydroxylation is 1. The first kappa shape index (κ1) is 18.4. The molecule has 0 saturated carbocycles. The quantitative estimate of drug-likeness (QED) is 0.454. The Kier molecular flexibility index (Phi) is 5.96. The second-order valence-corrected chi connectivity index (χ2v) is 6.50. The third-order valence-corrected chi connectivity index (χ3v) is 4.76. The van der Waals surface area contributed by atoms with E-state index < -0.39 is 0 Å². The van der Waals surface area contributed by atoms with Gasteiger partial charge in [-0.25, -0.2) is 0 Å². The van der Waals surface area contributed by atoms with Crippen LogP contribution in [0.25, 0.3) is 0 Å². The summed E-state index contributed by atoms with van der Waals surface area (Å²) >= 11 is 3.64. The molecule has 7 heteroatoms. The molecule has 126 valence electrons. The Morgan fingerprint density at radius 3 is 2.67 bits per heavy atom. The summed E-state index contributed by atoms with van der Waals surface area (Å²) in [6.07, 6.45) is 3.49. The van der Waals surface area contributed by atoms with E-state index in [0.717, 1.165) is 39.8 Å². The fourth-order valence-electron chi connectivity index (χ4n) is 3.04. The van der Waals surface area contributed by atoms with Crippen LogP contribution in [0.2, 0.25) is 0 Å². The maximum atomic E-state index is 5.44. The van der Waals surface area contributed by atoms with Crippen molar-refractivity contribution in [3.63, 3.8) is 0 Å². The molecule has 0 spiro atoms. The molecule has 5 nitrogen and oxygen atoms in total. The van der Waals surface area contributed by atoms with Gasteiger partial charge in [-0.15, -0.1) is 17.5 Å². The van der Waals surface area contributed by atoms with Crippen molar-refractivity contribution < 1.29 is 0 Å². The SMILES string of the molecule is Cc1ccnc2c1/C(=N\N=C(N)N)CC(c1ccccc1Br)C2.Cl. The van der Waals surface area contributed by atoms with Gasteiger partial charge in [-0.3, -0.25) is 4.98 Å². The number of rotatable bonds is 2. The molecule has 0 radical (unpaired) electrons. The van der Waals surface area contributed by atoms with Crippen molar-refractivity contribution in [2.75, 3.05) is 0 Å². The van der Waals surface area contributed by atoms with Gasteiger partial charge in [0.2, 0.25) is 5.96 Å². The second-order valence-electron chi connectivity index (χ2n) is 5.65. The van der Waals surface area contributed by atoms with Crippen LogP contribution in [0.1, 0.15) is 34.7 Å². The Labute approximate surface area is 155 Å². The zero-order valence-electron chi connectivity index (χ0n) is 13.2. The number of hydrogen-bond donors (Lipinski definition) is 2. The molecule has 1 aromatic carbocycles. The highest BCUT2D eigenvalue weighted by Crippen LogP contribution is 2.36. The highest BCUT2D eigenvalue weighted by Gasteiger charge is 2.28. The molecule has 1 atom stereocenters. The van der Waals surface area contributed by atoms with E-state index in [4.69, 9.17) is 11.5 Å². The van der Waals surface area contributed by atoms with E-state index in [0.29, 0.717) is 5.92 Å². The molecular formula is C17H19BrClN5. The number of guanidine groups is 1. The van der Waals surface area contributed by atoms with Gasteiger partial charge in [0.15, 0.2) is 0 Å². The molecule has 1 unspecified atom stereocenters. The molecule has 2 aromatic rings. The van der Waals surface area contributed by atoms with Gasteiger partial charge in [-0.2, -0.15) is 5.10 Å². The number of nitrogens with two attached hydrogens (primary N) is 2. The summed E-state index contributed by atoms with van der Waals surface area (Å²) < 4.78 is 1.10. The molecule has 0 aliphatic heterocycles. The first-order chi connectivity index (χ1) is 11.1. The van der Waals surface area contributed by atoms with Crippen molar-refractivity contribution in [1.82, 2.24) is 4.98 Å². The molecular weight excluding hydrogens is 390 g/mol. The van der Waals surface area contributed by atoms with Crippen LogP contribution in [0, 0.1) is 6.92 Å². The van der Waals surface area contributed by atoms with Gasteiger partial charge in [0.05, 0.1) is 11.4 Å². The fourth-order valence-corrected chi connectivity index (χ4v) is 3.65. The number of aromatic nitrogens is 1. The van der Waals surface area contributed by atoms with Crippen molar-refractivity contribution in [2.45, 2.75) is 25.7 Å². The zero-order valence-corrected chi connectivity index (χ0v) is 15.6. The number of nitrogens with zero attached hydrogens (tertiary/aromatic N) is 3. The predicted molar refractivity (Wildman–Crippen MR) is 104 cm³/mol. The minimum absolute atomic E-state index is 0. The minimum Gasteiger partial charge on any atom is -0.369 e. The summed E-state index contributed by atoms with van der Waals surface area (Å²) in [6.45, 7) is 2.06. The van der Waals surface area contributed by atoms with Crippen LogP contribution < -0.4 is 11.5 Å². The van der Waals surface area contributed by atoms with Crippen LogP contribution >= 0.6 is 28.3 Å². The van der Waals surface area contributed by atoms with Gasteiger partial charge in [0, 0.05) is 16.2 Å². The lowest BCUT2D eigenvalue weighted by molar-refractivity contribution is 0.674. The summed E-state index contributed by atoms with van der Waals surface area (Å²) in [5.41, 5.74) is 16.3. The molecule has 0 fully saturated rings. The lowest BCUT2D eigenvalue weighted by Crippen LogP contribution is -2.24. The second kappa shape index (κ2) is 7.77. The molecule has 0 amide bonds. The van der Waals surface area contributed by atoms with Crippen LogP contribution in [0.15, 0.2) is 51.2 Å². The number of hydrogen-bond acceptors (Lipinski definition) is 3. The number of halogens is 2. The fraction of sp³-hybridized carbons (Fsp3) is 0.235. The summed E-state index contributed by atoms with van der Waals surface area (Å²) in [6, 6.07) is 10.2. The van der Waals surface area contributed by atoms with E-state index in [1.165, 1.54) is 5.56 Å². The van der Waals surface area contributed by atoms with Crippen molar-refractivity contribution in [2.24, 2.45) is 21.7 Å². The van der Waals surface area contributed by atoms with Crippen molar-refractivity contribution >= 4 is 40.0 Å². The van der Waals surface area contributed by atoms with Gasteiger partial charge in [-0.05, 0) is 48.9 Å². The minimum atomic E-state index is -0.0383. The maximum Gasteiger partial charge on any atom is 0.211 e. The summed E-state index contributed by atoms with van der Waals surface area (Å²) in [5, 5.41) is 8.15. The molecule has 1 aliphatic rings. The van der Waals surface area contributed by atoms with Gasteiger partial charge < -0.3 is 11.5 Å². The molecule has 1 aliphatic carbocycles. The van der Waals surface area contributed by atoms with Gasteiger partial charge in [-0.1, -0.05) is 34.1 Å². The zero-order chi connectivity index (χ0) is 16.4. The average Bonchev–Trinajstić information content (AvgIpc) is 2.53. The highest BCUT2D eigenvalue weighted by atomic mass is 79.9. The van der Waals surface area contributed by atoms with Gasteiger partial charge >= 0.3 is 0 Å². The monoisotopic (exact) mass is 407 g/mol. The van der Waals surface area contributed by atoms with Crippen LogP contribution in [0.4, 0.5) is 0 Å². The van der Waals surface area contributed by atoms with Crippen LogP contribution in [-0.4, -0.2) is 16.7 Å². The van der Waals surface area contributed by atoms with Crippen molar-refractivity contribution in [3.8, 4) is 0 Å². The Morgan fingerprint density at radius 2 is 1.96 bits per heavy atom. The van der Waals surface area contributed by atoms with E-state index in [2.05, 4.69) is 50.2 Å². The van der Waals surface area contributed by atoms with Gasteiger partial charge in [0.1, 0.15) is 0 Å². The number of fused-ring (bicyclic) bond motifs is 1. The Hall–Kier alpha value is -1.92. The first-order valence-electron chi connectivity index (χ1n) is 7.41. The van der Waals surface area contributed by atoms with Crippen molar-refractivity contribution in [3.05, 3.63) is 63.4 Å². The lowest BCUT2D eigenvalue weighted by Gasteiger charge is -2.27. The van der Waals surface area contributed by atoms with Gasteiger partial charge in [0.25, 0.3) is 0 Å². The Bertz CT molecular complexity index is 799. The van der Waals surface area contributed by atoms with E-state index in [1.54, 1.807) is 0 Å². The smallest absolute Gasteiger partial charge is 0.211 e. The van der Waals surface area contributed by atoms with E-state index in [9.17, 15) is 0 Å². The molecule has 1 heterocycles. The topological polar surface area (TPSA) is 89.6 Å². The normalized spacial score (nSPS) is 17.8. The van der Waals surface area contributed by atoms with Crippen LogP contribution in [0.3, 0.4) is 0 Å². The van der Waals surface area contributed by atoms with Crippen LogP contribution in [0.5, 0.6) is 0 Å². The van der Waals surface area contributed by atoms with Crippen LogP contribution in [-0.2, 0) is 6.42 Å². The average molecular weight is 409 g/mol. The molecule has 3 rings (SSSR count). The Morgan fingerprint density at radius 1 is 1.21 bits per heavy atom.